The van der Waals surface area contributed by atoms with Gasteiger partial charge in [0.1, 0.15) is 5.75 Å². The molecule has 0 heterocycles. The normalized spacial score (nSPS) is 16.8. The van der Waals surface area contributed by atoms with Crippen molar-refractivity contribution in [1.29, 1.82) is 0 Å². The van der Waals surface area contributed by atoms with Gasteiger partial charge in [0.2, 0.25) is 5.91 Å². The number of anilines is 1. The molecule has 2 rings (SSSR count). The molecule has 0 radical (unpaired) electrons. The van der Waals surface area contributed by atoms with Crippen LogP contribution in [0.1, 0.15) is 38.2 Å². The Labute approximate surface area is 114 Å². The first kappa shape index (κ1) is 13.9. The van der Waals surface area contributed by atoms with Crippen molar-refractivity contribution < 1.29 is 9.90 Å². The molecule has 1 aliphatic carbocycles. The molecule has 1 fully saturated rings. The summed E-state index contributed by atoms with van der Waals surface area (Å²) in [5.74, 6) is 0.219. The number of benzene rings is 1. The molecule has 0 aliphatic heterocycles. The fourth-order valence-corrected chi connectivity index (χ4v) is 2.57. The number of phenols is 1. The zero-order chi connectivity index (χ0) is 14.0. The standard InChI is InChI=1S/C15H22N2O2/c1-3-17(13-9-12(18)6-5-11(13)2)14(19)10-15(16)7-4-8-15/h5-6,9,18H,3-4,7-8,10,16H2,1-2H3. The lowest BCUT2D eigenvalue weighted by Gasteiger charge is -2.39. The quantitative estimate of drug-likeness (QED) is 0.875. The minimum atomic E-state index is -0.310. The Morgan fingerprint density at radius 1 is 1.47 bits per heavy atom. The summed E-state index contributed by atoms with van der Waals surface area (Å²) in [6, 6.07) is 5.09. The summed E-state index contributed by atoms with van der Waals surface area (Å²) in [7, 11) is 0. The molecule has 1 aliphatic rings. The van der Waals surface area contributed by atoms with Gasteiger partial charge in [0, 0.05) is 24.6 Å². The molecule has 0 unspecified atom stereocenters. The fraction of sp³-hybridized carbons (Fsp3) is 0.533. The Morgan fingerprint density at radius 2 is 2.16 bits per heavy atom. The van der Waals surface area contributed by atoms with Crippen molar-refractivity contribution in [3.63, 3.8) is 0 Å². The van der Waals surface area contributed by atoms with Crippen LogP contribution in [0, 0.1) is 6.92 Å². The third-order valence-electron chi connectivity index (χ3n) is 3.95. The molecule has 1 saturated carbocycles. The van der Waals surface area contributed by atoms with Crippen molar-refractivity contribution in [3.05, 3.63) is 23.8 Å². The van der Waals surface area contributed by atoms with Gasteiger partial charge in [0.25, 0.3) is 0 Å². The molecule has 3 N–H and O–H groups in total. The molecule has 19 heavy (non-hydrogen) atoms. The number of hydrogen-bond acceptors (Lipinski definition) is 3. The molecule has 1 amide bonds. The second-order valence-electron chi connectivity index (χ2n) is 5.50. The van der Waals surface area contributed by atoms with E-state index in [9.17, 15) is 9.90 Å². The number of carbonyl (C=O) groups is 1. The summed E-state index contributed by atoms with van der Waals surface area (Å²) in [4.78, 5) is 14.1. The molecule has 0 aromatic heterocycles. The van der Waals surface area contributed by atoms with Crippen LogP contribution in [0.25, 0.3) is 0 Å². The number of rotatable bonds is 4. The molecule has 0 spiro atoms. The zero-order valence-electron chi connectivity index (χ0n) is 11.6. The van der Waals surface area contributed by atoms with E-state index in [1.165, 1.54) is 0 Å². The van der Waals surface area contributed by atoms with Crippen molar-refractivity contribution in [1.82, 2.24) is 0 Å². The summed E-state index contributed by atoms with van der Waals surface area (Å²) in [5.41, 5.74) is 7.59. The molecule has 1 aromatic rings. The van der Waals surface area contributed by atoms with E-state index < -0.39 is 0 Å². The lowest BCUT2D eigenvalue weighted by atomic mass is 9.75. The highest BCUT2D eigenvalue weighted by Gasteiger charge is 2.36. The fourth-order valence-electron chi connectivity index (χ4n) is 2.57. The Hall–Kier alpha value is -1.55. The number of aromatic hydroxyl groups is 1. The number of carbonyl (C=O) groups excluding carboxylic acids is 1. The number of phenolic OH excluding ortho intramolecular Hbond substituents is 1. The van der Waals surface area contributed by atoms with Crippen LogP contribution in [0.15, 0.2) is 18.2 Å². The third kappa shape index (κ3) is 2.89. The molecule has 0 saturated heterocycles. The minimum Gasteiger partial charge on any atom is -0.508 e. The van der Waals surface area contributed by atoms with Crippen LogP contribution >= 0.6 is 0 Å². The van der Waals surface area contributed by atoms with Crippen LogP contribution < -0.4 is 10.6 Å². The van der Waals surface area contributed by atoms with Gasteiger partial charge >= 0.3 is 0 Å². The Morgan fingerprint density at radius 3 is 2.68 bits per heavy atom. The summed E-state index contributed by atoms with van der Waals surface area (Å²) >= 11 is 0. The van der Waals surface area contributed by atoms with Crippen molar-refractivity contribution in [3.8, 4) is 5.75 Å². The van der Waals surface area contributed by atoms with Crippen LogP contribution in [0.3, 0.4) is 0 Å². The van der Waals surface area contributed by atoms with Crippen molar-refractivity contribution in [2.45, 2.75) is 45.1 Å². The molecule has 104 valence electrons. The van der Waals surface area contributed by atoms with Crippen LogP contribution in [0.4, 0.5) is 5.69 Å². The van der Waals surface area contributed by atoms with Crippen LogP contribution in [-0.2, 0) is 4.79 Å². The van der Waals surface area contributed by atoms with Gasteiger partial charge in [0.15, 0.2) is 0 Å². The van der Waals surface area contributed by atoms with Gasteiger partial charge in [-0.2, -0.15) is 0 Å². The highest BCUT2D eigenvalue weighted by Crippen LogP contribution is 2.34. The van der Waals surface area contributed by atoms with E-state index in [1.807, 2.05) is 19.9 Å². The lowest BCUT2D eigenvalue weighted by Crippen LogP contribution is -2.50. The second kappa shape index (κ2) is 5.21. The minimum absolute atomic E-state index is 0.0402. The zero-order valence-corrected chi connectivity index (χ0v) is 11.6. The molecular weight excluding hydrogens is 240 g/mol. The number of hydrogen-bond donors (Lipinski definition) is 2. The maximum absolute atomic E-state index is 12.4. The molecule has 4 nitrogen and oxygen atoms in total. The summed E-state index contributed by atoms with van der Waals surface area (Å²) in [6.07, 6.45) is 3.35. The first-order chi connectivity index (χ1) is 8.95. The number of nitrogens with zero attached hydrogens (tertiary/aromatic N) is 1. The van der Waals surface area contributed by atoms with Gasteiger partial charge in [-0.25, -0.2) is 0 Å². The van der Waals surface area contributed by atoms with Gasteiger partial charge in [-0.05, 0) is 44.7 Å². The van der Waals surface area contributed by atoms with Crippen LogP contribution in [-0.4, -0.2) is 23.1 Å². The average molecular weight is 262 g/mol. The monoisotopic (exact) mass is 262 g/mol. The maximum atomic E-state index is 12.4. The first-order valence-electron chi connectivity index (χ1n) is 6.84. The highest BCUT2D eigenvalue weighted by atomic mass is 16.3. The van der Waals surface area contributed by atoms with Crippen molar-refractivity contribution >= 4 is 11.6 Å². The summed E-state index contributed by atoms with van der Waals surface area (Å²) in [5, 5.41) is 9.59. The molecule has 0 atom stereocenters. The lowest BCUT2D eigenvalue weighted by molar-refractivity contribution is -0.120. The van der Waals surface area contributed by atoms with E-state index in [2.05, 4.69) is 0 Å². The highest BCUT2D eigenvalue weighted by molar-refractivity contribution is 5.95. The number of aryl methyl sites for hydroxylation is 1. The SMILES string of the molecule is CCN(C(=O)CC1(N)CCC1)c1cc(O)ccc1C. The number of amides is 1. The van der Waals surface area contributed by atoms with E-state index in [0.29, 0.717) is 13.0 Å². The molecule has 4 heteroatoms. The van der Waals surface area contributed by atoms with E-state index in [4.69, 9.17) is 5.73 Å². The predicted octanol–water partition coefficient (Wildman–Crippen LogP) is 2.33. The first-order valence-corrected chi connectivity index (χ1v) is 6.84. The van der Waals surface area contributed by atoms with Crippen molar-refractivity contribution in [2.75, 3.05) is 11.4 Å². The van der Waals surface area contributed by atoms with Gasteiger partial charge < -0.3 is 15.7 Å². The average Bonchev–Trinajstić information content (AvgIpc) is 2.32. The van der Waals surface area contributed by atoms with E-state index >= 15 is 0 Å². The number of nitrogens with two attached hydrogens (primary N) is 1. The van der Waals surface area contributed by atoms with Gasteiger partial charge in [-0.1, -0.05) is 6.07 Å². The Balaban J connectivity index is 2.19. The van der Waals surface area contributed by atoms with Crippen LogP contribution in [0.2, 0.25) is 0 Å². The largest absolute Gasteiger partial charge is 0.508 e. The van der Waals surface area contributed by atoms with Gasteiger partial charge in [0.05, 0.1) is 5.69 Å². The summed E-state index contributed by atoms with van der Waals surface area (Å²) in [6.45, 7) is 4.46. The topological polar surface area (TPSA) is 66.6 Å². The van der Waals surface area contributed by atoms with Gasteiger partial charge in [-0.15, -0.1) is 0 Å². The second-order valence-corrected chi connectivity index (χ2v) is 5.50. The van der Waals surface area contributed by atoms with Crippen molar-refractivity contribution in [2.24, 2.45) is 5.73 Å². The molecule has 1 aromatic carbocycles. The molecular formula is C15H22N2O2. The maximum Gasteiger partial charge on any atom is 0.228 e. The Bertz CT molecular complexity index is 481. The van der Waals surface area contributed by atoms with E-state index in [0.717, 1.165) is 30.5 Å². The third-order valence-corrected chi connectivity index (χ3v) is 3.95. The smallest absolute Gasteiger partial charge is 0.228 e. The molecule has 0 bridgehead atoms. The predicted molar refractivity (Wildman–Crippen MR) is 76.3 cm³/mol. The Kier molecular flexibility index (Phi) is 3.80. The van der Waals surface area contributed by atoms with Gasteiger partial charge in [-0.3, -0.25) is 4.79 Å². The van der Waals surface area contributed by atoms with Crippen LogP contribution in [0.5, 0.6) is 5.75 Å². The van der Waals surface area contributed by atoms with E-state index in [-0.39, 0.29) is 17.2 Å². The van der Waals surface area contributed by atoms with E-state index in [1.54, 1.807) is 17.0 Å². The summed E-state index contributed by atoms with van der Waals surface area (Å²) < 4.78 is 0.